The summed E-state index contributed by atoms with van der Waals surface area (Å²) < 4.78 is 0. The first-order chi connectivity index (χ1) is 10.2. The molecule has 0 bridgehead atoms. The average molecular weight is 401 g/mol. The van der Waals surface area contributed by atoms with Crippen molar-refractivity contribution in [2.45, 2.75) is 89.5 Å². The van der Waals surface area contributed by atoms with Gasteiger partial charge in [-0.3, -0.25) is 9.59 Å². The molecule has 1 fully saturated rings. The second-order valence-electron chi connectivity index (χ2n) is 6.99. The van der Waals surface area contributed by atoms with Gasteiger partial charge >= 0.3 is 0 Å². The number of hydrogen-bond donors (Lipinski definition) is 0. The van der Waals surface area contributed by atoms with Crippen LogP contribution in [0.4, 0.5) is 0 Å². The smallest absolute Gasteiger partial charge is 0.158 e. The van der Waals surface area contributed by atoms with Crippen molar-refractivity contribution in [2.75, 3.05) is 0 Å². The fourth-order valence-electron chi connectivity index (χ4n) is 2.86. The molecule has 3 heteroatoms. The molecule has 0 saturated heterocycles. The van der Waals surface area contributed by atoms with Gasteiger partial charge in [0.2, 0.25) is 0 Å². The van der Waals surface area contributed by atoms with E-state index in [-0.39, 0.29) is 49.0 Å². The van der Waals surface area contributed by atoms with Crippen LogP contribution in [-0.4, -0.2) is 11.6 Å². The summed E-state index contributed by atoms with van der Waals surface area (Å²) in [6.07, 6.45) is 6.62. The maximum atomic E-state index is 11.3. The van der Waals surface area contributed by atoms with Gasteiger partial charge in [-0.25, -0.2) is 0 Å². The number of ketones is 2. The van der Waals surface area contributed by atoms with Crippen molar-refractivity contribution < 1.29 is 9.59 Å². The summed E-state index contributed by atoms with van der Waals surface area (Å²) in [6.45, 7) is 15.7. The molecule has 0 aromatic heterocycles. The molecule has 0 N–H and O–H groups in total. The highest BCUT2D eigenvalue weighted by molar-refractivity contribution is 7.59. The lowest BCUT2D eigenvalue weighted by Crippen LogP contribution is -2.22. The van der Waals surface area contributed by atoms with Crippen LogP contribution in [-0.2, 0) is 9.59 Å². The molecule has 0 aromatic rings. The number of Topliss-reactive ketones (excluding diaryl/α,β-unsaturated/α-hetero) is 2. The molecule has 2 rings (SSSR count). The zero-order chi connectivity index (χ0) is 16.9. The third kappa shape index (κ3) is 12.1. The zero-order valence-corrected chi connectivity index (χ0v) is 16.1. The highest BCUT2D eigenvalue weighted by Crippen LogP contribution is 2.29. The van der Waals surface area contributed by atoms with Crippen molar-refractivity contribution >= 4 is 25.1 Å². The molecule has 0 amide bonds. The Balaban J connectivity index is -0.000000101. The summed E-state index contributed by atoms with van der Waals surface area (Å²) in [5, 5.41) is 0. The van der Waals surface area contributed by atoms with Crippen molar-refractivity contribution in [2.24, 2.45) is 17.8 Å². The maximum absolute atomic E-state index is 11.3. The van der Waals surface area contributed by atoms with E-state index in [1.807, 2.05) is 33.8 Å². The minimum absolute atomic E-state index is 0. The van der Waals surface area contributed by atoms with Crippen LogP contribution in [0.2, 0.25) is 0 Å². The monoisotopic (exact) mass is 400 g/mol. The minimum Gasteiger partial charge on any atom is -0.299 e. The van der Waals surface area contributed by atoms with Crippen molar-refractivity contribution in [1.29, 1.82) is 0 Å². The highest BCUT2D eigenvalue weighted by Gasteiger charge is 2.25. The quantitative estimate of drug-likeness (QED) is 0.445. The van der Waals surface area contributed by atoms with E-state index in [0.717, 1.165) is 36.8 Å². The summed E-state index contributed by atoms with van der Waals surface area (Å²) in [4.78, 5) is 22.5. The van der Waals surface area contributed by atoms with Gasteiger partial charge in [-0.05, 0) is 57.4 Å². The van der Waals surface area contributed by atoms with Crippen LogP contribution in [0.5, 0.6) is 0 Å². The minimum atomic E-state index is 0. The Morgan fingerprint density at radius 2 is 1.41 bits per heavy atom. The molecule has 0 spiro atoms. The number of rotatable bonds is 2. The Labute approximate surface area is 178 Å². The summed E-state index contributed by atoms with van der Waals surface area (Å²) in [7, 11) is 0. The van der Waals surface area contributed by atoms with Crippen LogP contribution in [0.3, 0.4) is 0 Å². The Kier molecular flexibility index (Phi) is 23.2. The molecule has 3 atom stereocenters. The molecule has 162 valence electrons. The number of carbonyl (C=O) groups excluding carboxylic acids is 2. The Morgan fingerprint density at radius 3 is 1.78 bits per heavy atom. The predicted molar refractivity (Wildman–Crippen MR) is 130 cm³/mol. The van der Waals surface area contributed by atoms with Gasteiger partial charge in [0.1, 0.15) is 5.78 Å². The van der Waals surface area contributed by atoms with E-state index in [1.54, 1.807) is 0 Å². The van der Waals surface area contributed by atoms with Crippen molar-refractivity contribution in [3.63, 3.8) is 0 Å². The first-order valence-corrected chi connectivity index (χ1v) is 8.25. The lowest BCUT2D eigenvalue weighted by atomic mass is 9.79. The van der Waals surface area contributed by atoms with E-state index < -0.39 is 0 Å². The summed E-state index contributed by atoms with van der Waals surface area (Å²) in [6, 6.07) is 0. The predicted octanol–water partition coefficient (Wildman–Crippen LogP) is 7.71. The molecular formula is C24H48O2S. The van der Waals surface area contributed by atoms with Crippen LogP contribution < -0.4 is 0 Å². The molecule has 0 aromatic carbocycles. The Bertz CT molecular complexity index is 503. The van der Waals surface area contributed by atoms with Crippen molar-refractivity contribution in [3.05, 3.63) is 36.0 Å². The molecular weight excluding hydrogens is 352 g/mol. The summed E-state index contributed by atoms with van der Waals surface area (Å²) in [5.74, 6) is 1.86. The van der Waals surface area contributed by atoms with Crippen LogP contribution in [0.25, 0.3) is 0 Å². The van der Waals surface area contributed by atoms with E-state index in [1.165, 1.54) is 5.57 Å². The second-order valence-corrected chi connectivity index (χ2v) is 6.99. The summed E-state index contributed by atoms with van der Waals surface area (Å²) >= 11 is 0. The van der Waals surface area contributed by atoms with Crippen LogP contribution >= 0.6 is 13.5 Å². The second kappa shape index (κ2) is 17.0. The van der Waals surface area contributed by atoms with Crippen LogP contribution in [0, 0.1) is 17.8 Å². The standard InChI is InChI=1S/C10H16O.C10H14O.4CH4.H2S/c2*1-7(2)9-5-4-8(3)10(11)6-9;;;;;/h8-9H,1,4-6H2,2-3H3;4,9H,1,5-6H2,2-3H3;4*1H4;1H2/t8-,9+;9-;;;;;/m01...../s1. The van der Waals surface area contributed by atoms with Crippen molar-refractivity contribution in [3.8, 4) is 0 Å². The zero-order valence-electron chi connectivity index (χ0n) is 15.1. The van der Waals surface area contributed by atoms with E-state index >= 15 is 0 Å². The van der Waals surface area contributed by atoms with Gasteiger partial charge in [0.15, 0.2) is 5.78 Å². The van der Waals surface area contributed by atoms with Gasteiger partial charge in [-0.15, -0.1) is 0 Å². The van der Waals surface area contributed by atoms with Gasteiger partial charge in [-0.2, -0.15) is 13.5 Å². The first kappa shape index (κ1) is 36.8. The van der Waals surface area contributed by atoms with Gasteiger partial charge in [0.25, 0.3) is 0 Å². The fraction of sp³-hybridized carbons (Fsp3) is 0.667. The number of hydrogen-bond acceptors (Lipinski definition) is 2. The van der Waals surface area contributed by atoms with E-state index in [2.05, 4.69) is 13.2 Å². The molecule has 0 radical (unpaired) electrons. The van der Waals surface area contributed by atoms with E-state index in [0.29, 0.717) is 30.0 Å². The third-order valence-corrected chi connectivity index (χ3v) is 4.92. The Morgan fingerprint density at radius 1 is 0.926 bits per heavy atom. The molecule has 2 aliphatic rings. The van der Waals surface area contributed by atoms with Gasteiger partial charge in [0.05, 0.1) is 0 Å². The normalized spacial score (nSPS) is 23.1. The third-order valence-electron chi connectivity index (χ3n) is 4.92. The average Bonchev–Trinajstić information content (AvgIpc) is 2.45. The van der Waals surface area contributed by atoms with Crippen LogP contribution in [0.1, 0.15) is 89.5 Å². The number of allylic oxidation sites excluding steroid dienone is 4. The highest BCUT2D eigenvalue weighted by atomic mass is 32.1. The van der Waals surface area contributed by atoms with E-state index in [9.17, 15) is 9.59 Å². The molecule has 27 heavy (non-hydrogen) atoms. The lowest BCUT2D eigenvalue weighted by Gasteiger charge is -2.25. The fourth-order valence-corrected chi connectivity index (χ4v) is 2.86. The van der Waals surface area contributed by atoms with E-state index in [4.69, 9.17) is 0 Å². The molecule has 2 aliphatic carbocycles. The molecule has 0 heterocycles. The first-order valence-electron chi connectivity index (χ1n) is 8.25. The van der Waals surface area contributed by atoms with Crippen LogP contribution in [0.15, 0.2) is 36.0 Å². The summed E-state index contributed by atoms with van der Waals surface area (Å²) in [5.41, 5.74) is 3.22. The molecule has 0 aliphatic heterocycles. The van der Waals surface area contributed by atoms with Gasteiger partial charge in [-0.1, -0.05) is 67.0 Å². The van der Waals surface area contributed by atoms with Gasteiger partial charge in [0, 0.05) is 18.8 Å². The number of carbonyl (C=O) groups is 2. The molecule has 2 nitrogen and oxygen atoms in total. The maximum Gasteiger partial charge on any atom is 0.158 e. The largest absolute Gasteiger partial charge is 0.299 e. The van der Waals surface area contributed by atoms with Gasteiger partial charge < -0.3 is 0 Å². The van der Waals surface area contributed by atoms with Crippen molar-refractivity contribution in [1.82, 2.24) is 0 Å². The lowest BCUT2D eigenvalue weighted by molar-refractivity contribution is -0.125. The molecule has 0 unspecified atom stereocenters. The molecule has 1 saturated carbocycles. The topological polar surface area (TPSA) is 34.1 Å². The SMILES string of the molecule is C.C.C.C.C=C(C)[C@@H]1CC=C(C)C(=O)C1.C=C(C)[C@@H]1CC[C@H](C)C(=O)C1.S. The Hall–Kier alpha value is -1.09.